The first-order valence-electron chi connectivity index (χ1n) is 11.4. The molecule has 0 aliphatic rings. The fourth-order valence-corrected chi connectivity index (χ4v) is 6.52. The number of hydrogen-bond acceptors (Lipinski definition) is 5. The van der Waals surface area contributed by atoms with E-state index in [1.807, 2.05) is 37.5 Å². The van der Waals surface area contributed by atoms with Crippen LogP contribution in [0.5, 0.6) is 0 Å². The summed E-state index contributed by atoms with van der Waals surface area (Å²) in [4.78, 5) is 18.0. The first-order valence-corrected chi connectivity index (χ1v) is 14.0. The first-order chi connectivity index (χ1) is 16.3. The molecule has 0 unspecified atom stereocenters. The van der Waals surface area contributed by atoms with Crippen molar-refractivity contribution < 1.29 is 17.9 Å². The zero-order valence-electron chi connectivity index (χ0n) is 19.7. The predicted octanol–water partition coefficient (Wildman–Crippen LogP) is 4.94. The van der Waals surface area contributed by atoms with Crippen LogP contribution in [0.4, 0.5) is 0 Å². The molecular weight excluding hydrogens is 494 g/mol. The van der Waals surface area contributed by atoms with Crippen molar-refractivity contribution in [2.45, 2.75) is 45.1 Å². The van der Waals surface area contributed by atoms with Crippen LogP contribution in [0.15, 0.2) is 52.4 Å². The lowest BCUT2D eigenvalue weighted by molar-refractivity contribution is 0.0996. The van der Waals surface area contributed by atoms with Gasteiger partial charge in [0.15, 0.2) is 4.80 Å². The maximum atomic E-state index is 13.0. The number of aromatic nitrogens is 1. The Morgan fingerprint density at radius 1 is 1.09 bits per heavy atom. The Balaban J connectivity index is 1.93. The van der Waals surface area contributed by atoms with Crippen molar-refractivity contribution in [2.75, 3.05) is 26.3 Å². The van der Waals surface area contributed by atoms with E-state index in [0.29, 0.717) is 48.2 Å². The second-order valence-corrected chi connectivity index (χ2v) is 11.1. The van der Waals surface area contributed by atoms with Gasteiger partial charge in [0.2, 0.25) is 10.0 Å². The van der Waals surface area contributed by atoms with Crippen molar-refractivity contribution in [1.29, 1.82) is 0 Å². The number of rotatable bonds is 11. The Kier molecular flexibility index (Phi) is 9.44. The fourth-order valence-electron chi connectivity index (χ4n) is 3.57. The number of benzene rings is 2. The van der Waals surface area contributed by atoms with Crippen LogP contribution in [0.1, 0.15) is 44.0 Å². The number of ether oxygens (including phenoxy) is 1. The molecule has 0 N–H and O–H groups in total. The zero-order chi connectivity index (χ0) is 24.7. The minimum atomic E-state index is -3.60. The molecule has 0 atom stereocenters. The summed E-state index contributed by atoms with van der Waals surface area (Å²) in [6.45, 7) is 8.39. The number of carbonyl (C=O) groups excluding carboxylic acids is 1. The van der Waals surface area contributed by atoms with E-state index in [4.69, 9.17) is 16.3 Å². The summed E-state index contributed by atoms with van der Waals surface area (Å²) >= 11 is 7.52. The molecule has 0 fully saturated rings. The quantitative estimate of drug-likeness (QED) is 0.333. The topological polar surface area (TPSA) is 81.0 Å². The van der Waals surface area contributed by atoms with Crippen LogP contribution in [-0.2, 0) is 21.3 Å². The van der Waals surface area contributed by atoms with Gasteiger partial charge in [0.25, 0.3) is 5.91 Å². The molecule has 184 valence electrons. The predicted molar refractivity (Wildman–Crippen MR) is 137 cm³/mol. The normalized spacial score (nSPS) is 12.7. The summed E-state index contributed by atoms with van der Waals surface area (Å²) in [7, 11) is -3.60. The number of amides is 1. The minimum Gasteiger partial charge on any atom is -0.380 e. The van der Waals surface area contributed by atoms with Gasteiger partial charge in [-0.15, -0.1) is 0 Å². The van der Waals surface area contributed by atoms with Gasteiger partial charge in [-0.2, -0.15) is 9.30 Å². The second-order valence-electron chi connectivity index (χ2n) is 7.69. The molecule has 34 heavy (non-hydrogen) atoms. The summed E-state index contributed by atoms with van der Waals surface area (Å²) in [5.41, 5.74) is 1.25. The fraction of sp³-hybridized carbons (Fsp3) is 0.417. The van der Waals surface area contributed by atoms with Gasteiger partial charge in [0.05, 0.1) is 21.7 Å². The van der Waals surface area contributed by atoms with Gasteiger partial charge in [-0.3, -0.25) is 4.79 Å². The third-order valence-electron chi connectivity index (χ3n) is 5.19. The van der Waals surface area contributed by atoms with Crippen LogP contribution in [0.2, 0.25) is 5.02 Å². The number of sulfonamides is 1. The molecule has 1 amide bonds. The van der Waals surface area contributed by atoms with Crippen LogP contribution >= 0.6 is 22.9 Å². The molecule has 0 bridgehead atoms. The van der Waals surface area contributed by atoms with Gasteiger partial charge in [0, 0.05) is 36.8 Å². The molecular formula is C24H30ClN3O4S2. The largest absolute Gasteiger partial charge is 0.380 e. The van der Waals surface area contributed by atoms with Gasteiger partial charge in [0.1, 0.15) is 0 Å². The number of nitrogens with zero attached hydrogens (tertiary/aromatic N) is 3. The highest BCUT2D eigenvalue weighted by Gasteiger charge is 2.23. The molecule has 3 rings (SSSR count). The Bertz CT molecular complexity index is 1290. The maximum Gasteiger partial charge on any atom is 0.279 e. The number of hydrogen-bond donors (Lipinski definition) is 0. The zero-order valence-corrected chi connectivity index (χ0v) is 22.0. The van der Waals surface area contributed by atoms with Gasteiger partial charge in [-0.05, 0) is 62.2 Å². The summed E-state index contributed by atoms with van der Waals surface area (Å²) in [5, 5.41) is 0.612. The standard InChI is InChI=1S/C24H30ClN3O4S2/c1-4-13-27(14-5-2)34(30,31)20-10-7-18(8-11-20)23(29)26-24-28(15-16-32-6-3)21-12-9-19(25)17-22(21)33-24/h7-12,17H,4-6,13-16H2,1-3H3. The Hall–Kier alpha value is -2.04. The van der Waals surface area contributed by atoms with Crippen molar-refractivity contribution in [1.82, 2.24) is 8.87 Å². The molecule has 7 nitrogen and oxygen atoms in total. The monoisotopic (exact) mass is 523 g/mol. The SMILES string of the molecule is CCCN(CCC)S(=O)(=O)c1ccc(C(=O)N=c2sc3cc(Cl)ccc3n2CCOCC)cc1. The summed E-state index contributed by atoms with van der Waals surface area (Å²) < 4.78 is 35.8. The van der Waals surface area contributed by atoms with E-state index >= 15 is 0 Å². The minimum absolute atomic E-state index is 0.175. The van der Waals surface area contributed by atoms with E-state index in [9.17, 15) is 13.2 Å². The van der Waals surface area contributed by atoms with Crippen molar-refractivity contribution in [3.63, 3.8) is 0 Å². The van der Waals surface area contributed by atoms with Crippen LogP contribution < -0.4 is 4.80 Å². The first kappa shape index (κ1) is 26.6. The van der Waals surface area contributed by atoms with Crippen molar-refractivity contribution in [3.05, 3.63) is 57.9 Å². The number of carbonyl (C=O) groups is 1. The molecule has 2 aromatic carbocycles. The smallest absolute Gasteiger partial charge is 0.279 e. The molecule has 10 heteroatoms. The molecule has 0 spiro atoms. The van der Waals surface area contributed by atoms with Gasteiger partial charge in [-0.25, -0.2) is 8.42 Å². The highest BCUT2D eigenvalue weighted by atomic mass is 35.5. The maximum absolute atomic E-state index is 13.0. The van der Waals surface area contributed by atoms with E-state index in [1.165, 1.54) is 39.9 Å². The highest BCUT2D eigenvalue weighted by Crippen LogP contribution is 2.22. The average Bonchev–Trinajstić information content (AvgIpc) is 3.15. The van der Waals surface area contributed by atoms with E-state index in [1.54, 1.807) is 6.07 Å². The Morgan fingerprint density at radius 2 is 1.76 bits per heavy atom. The van der Waals surface area contributed by atoms with Crippen LogP contribution in [0.25, 0.3) is 10.2 Å². The van der Waals surface area contributed by atoms with Crippen LogP contribution in [0, 0.1) is 0 Å². The molecule has 0 aliphatic carbocycles. The van der Waals surface area contributed by atoms with Crippen LogP contribution in [-0.4, -0.2) is 49.5 Å². The van der Waals surface area contributed by atoms with E-state index in [0.717, 1.165) is 23.1 Å². The van der Waals surface area contributed by atoms with Crippen LogP contribution in [0.3, 0.4) is 0 Å². The lowest BCUT2D eigenvalue weighted by Crippen LogP contribution is -2.32. The van der Waals surface area contributed by atoms with Crippen molar-refractivity contribution >= 4 is 49.1 Å². The summed E-state index contributed by atoms with van der Waals surface area (Å²) in [5.74, 6) is -0.439. The molecule has 0 radical (unpaired) electrons. The van der Waals surface area contributed by atoms with E-state index < -0.39 is 15.9 Å². The molecule has 1 aromatic heterocycles. The Morgan fingerprint density at radius 3 is 2.38 bits per heavy atom. The number of halogens is 1. The highest BCUT2D eigenvalue weighted by molar-refractivity contribution is 7.89. The summed E-state index contributed by atoms with van der Waals surface area (Å²) in [6.07, 6.45) is 1.47. The third-order valence-corrected chi connectivity index (χ3v) is 8.38. The van der Waals surface area contributed by atoms with Gasteiger partial charge < -0.3 is 9.30 Å². The van der Waals surface area contributed by atoms with E-state index in [2.05, 4.69) is 4.99 Å². The number of thiazole rings is 1. The third kappa shape index (κ3) is 6.14. The average molecular weight is 524 g/mol. The molecule has 3 aromatic rings. The van der Waals surface area contributed by atoms with E-state index in [-0.39, 0.29) is 4.90 Å². The second kappa shape index (κ2) is 12.1. The molecule has 0 saturated heterocycles. The lowest BCUT2D eigenvalue weighted by Gasteiger charge is -2.21. The number of fused-ring (bicyclic) bond motifs is 1. The molecule has 0 saturated carbocycles. The van der Waals surface area contributed by atoms with Crippen molar-refractivity contribution in [2.24, 2.45) is 4.99 Å². The van der Waals surface area contributed by atoms with Crippen molar-refractivity contribution in [3.8, 4) is 0 Å². The molecule has 1 heterocycles. The van der Waals surface area contributed by atoms with Gasteiger partial charge >= 0.3 is 0 Å². The van der Waals surface area contributed by atoms with Gasteiger partial charge in [-0.1, -0.05) is 36.8 Å². The summed E-state index contributed by atoms with van der Waals surface area (Å²) in [6, 6.07) is 11.5. The Labute approximate surface area is 209 Å². The lowest BCUT2D eigenvalue weighted by atomic mass is 10.2. The molecule has 0 aliphatic heterocycles.